The van der Waals surface area contributed by atoms with E-state index in [0.29, 0.717) is 22.8 Å². The lowest BCUT2D eigenvalue weighted by Gasteiger charge is -2.48. The van der Waals surface area contributed by atoms with Crippen LogP contribution in [-0.4, -0.2) is 17.5 Å². The van der Waals surface area contributed by atoms with Crippen molar-refractivity contribution in [3.05, 3.63) is 95.1 Å². The van der Waals surface area contributed by atoms with Gasteiger partial charge in [0.05, 0.1) is 11.1 Å². The molecule has 2 fully saturated rings. The molecule has 0 aromatic heterocycles. The van der Waals surface area contributed by atoms with Crippen LogP contribution in [0.5, 0.6) is 11.5 Å². The van der Waals surface area contributed by atoms with Crippen molar-refractivity contribution < 1.29 is 23.8 Å². The Morgan fingerprint density at radius 1 is 0.917 bits per heavy atom. The minimum absolute atomic E-state index is 0.143. The number of hydrogen-bond donors (Lipinski definition) is 0. The fourth-order valence-electron chi connectivity index (χ4n) is 6.95. The van der Waals surface area contributed by atoms with Crippen molar-refractivity contribution in [3.63, 3.8) is 0 Å². The highest BCUT2D eigenvalue weighted by molar-refractivity contribution is 5.92. The molecule has 4 unspecified atom stereocenters. The topological polar surface area (TPSA) is 61.8 Å². The largest absolute Gasteiger partial charge is 0.486 e. The molecule has 0 radical (unpaired) electrons. The van der Waals surface area contributed by atoms with E-state index in [9.17, 15) is 9.59 Å². The van der Waals surface area contributed by atoms with Gasteiger partial charge in [0.2, 0.25) is 0 Å². The van der Waals surface area contributed by atoms with Gasteiger partial charge >= 0.3 is 11.9 Å². The Morgan fingerprint density at radius 3 is 2.39 bits per heavy atom. The maximum absolute atomic E-state index is 13.1. The van der Waals surface area contributed by atoms with E-state index in [1.165, 1.54) is 12.8 Å². The maximum Gasteiger partial charge on any atom is 0.343 e. The molecule has 0 spiro atoms. The molecule has 6 rings (SSSR count). The predicted octanol–water partition coefficient (Wildman–Crippen LogP) is 6.49. The molecule has 36 heavy (non-hydrogen) atoms. The highest BCUT2D eigenvalue weighted by Crippen LogP contribution is 2.73. The molecule has 3 aromatic carbocycles. The zero-order chi connectivity index (χ0) is 25.1. The summed E-state index contributed by atoms with van der Waals surface area (Å²) in [5.74, 6) is 0.939. The van der Waals surface area contributed by atoms with Crippen LogP contribution < -0.4 is 9.47 Å². The lowest BCUT2D eigenvalue weighted by Crippen LogP contribution is -2.54. The molecule has 2 saturated carbocycles. The molecule has 1 heterocycles. The number of carbonyl (C=O) groups is 2. The van der Waals surface area contributed by atoms with Crippen LogP contribution >= 0.6 is 0 Å². The summed E-state index contributed by atoms with van der Waals surface area (Å²) in [5, 5.41) is 0. The second-order valence-corrected chi connectivity index (χ2v) is 11.0. The summed E-state index contributed by atoms with van der Waals surface area (Å²) in [7, 11) is 0. The van der Waals surface area contributed by atoms with Gasteiger partial charge in [-0.05, 0) is 85.5 Å². The van der Waals surface area contributed by atoms with Crippen LogP contribution in [0.3, 0.4) is 0 Å². The van der Waals surface area contributed by atoms with Gasteiger partial charge in [0, 0.05) is 11.0 Å². The summed E-state index contributed by atoms with van der Waals surface area (Å²) in [5.41, 5.74) is 2.71. The number of ether oxygens (including phenoxy) is 3. The van der Waals surface area contributed by atoms with E-state index in [1.54, 1.807) is 30.3 Å². The van der Waals surface area contributed by atoms with Gasteiger partial charge in [0.15, 0.2) is 0 Å². The van der Waals surface area contributed by atoms with Gasteiger partial charge in [0.25, 0.3) is 0 Å². The number of hydrogen-bond acceptors (Lipinski definition) is 5. The average molecular weight is 483 g/mol. The van der Waals surface area contributed by atoms with Crippen LogP contribution in [0.15, 0.2) is 72.8 Å². The van der Waals surface area contributed by atoms with E-state index in [4.69, 9.17) is 14.2 Å². The van der Waals surface area contributed by atoms with Crippen molar-refractivity contribution >= 4 is 11.9 Å². The third-order valence-electron chi connectivity index (χ3n) is 9.31. The van der Waals surface area contributed by atoms with E-state index >= 15 is 0 Å². The molecule has 2 bridgehead atoms. The first kappa shape index (κ1) is 22.8. The Hall–Kier alpha value is -3.60. The van der Waals surface area contributed by atoms with Crippen molar-refractivity contribution in [1.82, 2.24) is 0 Å². The van der Waals surface area contributed by atoms with Crippen LogP contribution in [0.4, 0.5) is 0 Å². The molecule has 5 nitrogen and oxygen atoms in total. The SMILES string of the molecule is CC12CCC(C1)C1(C)Oc3ccc(C(=O)Oc4ccc(C(=O)OCc5ccccc5)cc4)cc3C21C. The Balaban J connectivity index is 1.16. The first-order valence-corrected chi connectivity index (χ1v) is 12.6. The van der Waals surface area contributed by atoms with Gasteiger partial charge in [-0.15, -0.1) is 0 Å². The van der Waals surface area contributed by atoms with Crippen molar-refractivity contribution in [2.45, 2.75) is 57.7 Å². The number of rotatable bonds is 5. The van der Waals surface area contributed by atoms with Crippen molar-refractivity contribution in [2.75, 3.05) is 0 Å². The van der Waals surface area contributed by atoms with Gasteiger partial charge in [0.1, 0.15) is 23.7 Å². The third-order valence-corrected chi connectivity index (χ3v) is 9.31. The standard InChI is InChI=1S/C31H30O5/c1-29-16-15-23(18-29)31(3)30(29,2)25-17-22(11-14-26(25)36-31)28(33)35-24-12-9-21(10-13-24)27(32)34-19-20-7-5-4-6-8-20/h4-14,17,23H,15-16,18-19H2,1-3H3. The normalized spacial score (nSPS) is 29.2. The number of esters is 2. The van der Waals surface area contributed by atoms with Crippen LogP contribution in [0, 0.1) is 11.3 Å². The summed E-state index contributed by atoms with van der Waals surface area (Å²) in [6.07, 6.45) is 3.54. The summed E-state index contributed by atoms with van der Waals surface area (Å²) < 4.78 is 17.6. The molecule has 184 valence electrons. The second kappa shape index (κ2) is 7.95. The van der Waals surface area contributed by atoms with Gasteiger partial charge in [-0.3, -0.25) is 0 Å². The fourth-order valence-corrected chi connectivity index (χ4v) is 6.95. The zero-order valence-corrected chi connectivity index (χ0v) is 20.9. The van der Waals surface area contributed by atoms with Crippen molar-refractivity contribution in [1.29, 1.82) is 0 Å². The minimum Gasteiger partial charge on any atom is -0.486 e. The smallest absolute Gasteiger partial charge is 0.343 e. The first-order valence-electron chi connectivity index (χ1n) is 12.6. The van der Waals surface area contributed by atoms with Crippen LogP contribution in [0.1, 0.15) is 71.9 Å². The molecule has 3 aliphatic rings. The Morgan fingerprint density at radius 2 is 1.64 bits per heavy atom. The molecular formula is C31H30O5. The predicted molar refractivity (Wildman–Crippen MR) is 135 cm³/mol. The molecule has 0 amide bonds. The van der Waals surface area contributed by atoms with Crippen LogP contribution in [-0.2, 0) is 16.8 Å². The zero-order valence-electron chi connectivity index (χ0n) is 20.9. The fraction of sp³-hybridized carbons (Fsp3) is 0.355. The quantitative estimate of drug-likeness (QED) is 0.307. The van der Waals surface area contributed by atoms with Gasteiger partial charge < -0.3 is 14.2 Å². The van der Waals surface area contributed by atoms with E-state index < -0.39 is 11.9 Å². The molecule has 5 heteroatoms. The Bertz CT molecular complexity index is 1350. The van der Waals surface area contributed by atoms with Crippen LogP contribution in [0.25, 0.3) is 0 Å². The van der Waals surface area contributed by atoms with E-state index in [0.717, 1.165) is 23.3 Å². The summed E-state index contributed by atoms with van der Waals surface area (Å²) in [6.45, 7) is 7.12. The number of carbonyl (C=O) groups excluding carboxylic acids is 2. The van der Waals surface area contributed by atoms with Crippen molar-refractivity contribution in [3.8, 4) is 11.5 Å². The van der Waals surface area contributed by atoms with Crippen LogP contribution in [0.2, 0.25) is 0 Å². The summed E-state index contributed by atoms with van der Waals surface area (Å²) in [6, 6.07) is 21.6. The van der Waals surface area contributed by atoms with Gasteiger partial charge in [-0.25, -0.2) is 9.59 Å². The number of fused-ring (bicyclic) bond motifs is 7. The summed E-state index contributed by atoms with van der Waals surface area (Å²) >= 11 is 0. The van der Waals surface area contributed by atoms with Gasteiger partial charge in [-0.2, -0.15) is 0 Å². The van der Waals surface area contributed by atoms with E-state index in [1.807, 2.05) is 42.5 Å². The molecular weight excluding hydrogens is 452 g/mol. The molecule has 3 aromatic rings. The van der Waals surface area contributed by atoms with Gasteiger partial charge in [-0.1, -0.05) is 44.2 Å². The first-order chi connectivity index (χ1) is 17.2. The molecule has 0 N–H and O–H groups in total. The Kier molecular flexibility index (Phi) is 5.05. The van der Waals surface area contributed by atoms with Crippen molar-refractivity contribution in [2.24, 2.45) is 11.3 Å². The maximum atomic E-state index is 13.1. The molecule has 4 atom stereocenters. The Labute approximate surface area is 211 Å². The lowest BCUT2D eigenvalue weighted by molar-refractivity contribution is -0.0260. The average Bonchev–Trinajstić information content (AvgIpc) is 3.46. The lowest BCUT2D eigenvalue weighted by atomic mass is 9.56. The minimum atomic E-state index is -0.428. The molecule has 1 aliphatic heterocycles. The number of benzene rings is 3. The second-order valence-electron chi connectivity index (χ2n) is 11.0. The molecule has 2 aliphatic carbocycles. The molecule has 0 saturated heterocycles. The van der Waals surface area contributed by atoms with E-state index in [2.05, 4.69) is 20.8 Å². The monoisotopic (exact) mass is 482 g/mol. The third kappa shape index (κ3) is 3.22. The highest BCUT2D eigenvalue weighted by Gasteiger charge is 2.73. The highest BCUT2D eigenvalue weighted by atomic mass is 16.5. The van der Waals surface area contributed by atoms with E-state index in [-0.39, 0.29) is 23.0 Å². The summed E-state index contributed by atoms with van der Waals surface area (Å²) in [4.78, 5) is 25.4.